The molecule has 36 heavy (non-hydrogen) atoms. The molecule has 3 saturated carbocycles. The zero-order valence-electron chi connectivity index (χ0n) is 21.1. The smallest absolute Gasteiger partial charge is 0.243 e. The van der Waals surface area contributed by atoms with Gasteiger partial charge in [0.05, 0.1) is 0 Å². The fourth-order valence-electron chi connectivity index (χ4n) is 8.28. The first-order valence-electron chi connectivity index (χ1n) is 13.4. The molecule has 4 aliphatic rings. The maximum atomic E-state index is 13.1. The fourth-order valence-corrected chi connectivity index (χ4v) is 8.28. The summed E-state index contributed by atoms with van der Waals surface area (Å²) < 4.78 is 0. The second-order valence-electron chi connectivity index (χ2n) is 11.8. The van der Waals surface area contributed by atoms with Gasteiger partial charge in [0.2, 0.25) is 11.8 Å². The van der Waals surface area contributed by atoms with E-state index < -0.39 is 0 Å². The minimum atomic E-state index is 0.0529. The quantitative estimate of drug-likeness (QED) is 0.650. The van der Waals surface area contributed by atoms with Crippen molar-refractivity contribution >= 4 is 17.6 Å². The maximum absolute atomic E-state index is 13.1. The molecule has 3 heterocycles. The molecular weight excluding hydrogens is 450 g/mol. The lowest BCUT2D eigenvalue weighted by Crippen LogP contribution is -2.59. The summed E-state index contributed by atoms with van der Waals surface area (Å²) >= 11 is 0. The van der Waals surface area contributed by atoms with Crippen molar-refractivity contribution in [2.45, 2.75) is 64.8 Å². The molecular formula is C29H35N5O2. The van der Waals surface area contributed by atoms with Gasteiger partial charge in [-0.1, -0.05) is 19.9 Å². The standard InChI is InChI=1S/C29H35N5O2/c1-28-11-9-23-21(5-7-24-29(23,2)12-10-26(35)33-24)22(28)6-4-20(28)13-27(36)34-25-8-3-18(16-32-25)19-14-30-17-31-15-19/h3,8,10,12,14-17,20-24H,4-7,9,11,13H2,1-2H3,(H,33,35)(H,32,34,36)/t20-,21+,22+,23+,24-,28-,29-/m1/s1. The van der Waals surface area contributed by atoms with Crippen LogP contribution < -0.4 is 10.6 Å². The van der Waals surface area contributed by atoms with Crippen LogP contribution in [0.2, 0.25) is 0 Å². The number of anilines is 1. The van der Waals surface area contributed by atoms with Gasteiger partial charge in [0, 0.05) is 47.6 Å². The first kappa shape index (κ1) is 23.3. The Labute approximate surface area is 212 Å². The zero-order chi connectivity index (χ0) is 24.9. The number of pyridine rings is 1. The Bertz CT molecular complexity index is 1180. The van der Waals surface area contributed by atoms with Gasteiger partial charge < -0.3 is 10.6 Å². The topological polar surface area (TPSA) is 96.9 Å². The van der Waals surface area contributed by atoms with Crippen LogP contribution in [0.15, 0.2) is 49.2 Å². The van der Waals surface area contributed by atoms with E-state index in [2.05, 4.69) is 45.5 Å². The van der Waals surface area contributed by atoms with Crippen molar-refractivity contribution in [3.8, 4) is 11.1 Å². The zero-order valence-corrected chi connectivity index (χ0v) is 21.1. The van der Waals surface area contributed by atoms with Crippen molar-refractivity contribution < 1.29 is 9.59 Å². The molecule has 2 aromatic rings. The summed E-state index contributed by atoms with van der Waals surface area (Å²) in [6.45, 7) is 4.80. The number of nitrogens with one attached hydrogen (secondary N) is 2. The second-order valence-corrected chi connectivity index (χ2v) is 11.8. The predicted octanol–water partition coefficient (Wildman–Crippen LogP) is 4.78. The van der Waals surface area contributed by atoms with E-state index in [1.165, 1.54) is 25.6 Å². The molecule has 0 spiro atoms. The van der Waals surface area contributed by atoms with E-state index in [0.717, 1.165) is 30.4 Å². The third-order valence-electron chi connectivity index (χ3n) is 10.2. The number of fused-ring (bicyclic) bond motifs is 5. The minimum Gasteiger partial charge on any atom is -0.349 e. The van der Waals surface area contributed by atoms with E-state index in [-0.39, 0.29) is 28.7 Å². The third kappa shape index (κ3) is 3.84. The van der Waals surface area contributed by atoms with Crippen molar-refractivity contribution in [2.75, 3.05) is 5.32 Å². The van der Waals surface area contributed by atoms with Crippen LogP contribution in [0.25, 0.3) is 11.1 Å². The van der Waals surface area contributed by atoms with Gasteiger partial charge in [0.15, 0.2) is 0 Å². The largest absolute Gasteiger partial charge is 0.349 e. The van der Waals surface area contributed by atoms with Gasteiger partial charge in [-0.15, -0.1) is 0 Å². The van der Waals surface area contributed by atoms with Gasteiger partial charge in [-0.05, 0) is 85.8 Å². The molecule has 3 aliphatic carbocycles. The average Bonchev–Trinajstić information content (AvgIpc) is 3.21. The molecule has 7 atom stereocenters. The molecule has 0 unspecified atom stereocenters. The Morgan fingerprint density at radius 1 is 1.03 bits per heavy atom. The molecule has 2 amide bonds. The van der Waals surface area contributed by atoms with Crippen LogP contribution in [0, 0.1) is 34.5 Å². The lowest BCUT2D eigenvalue weighted by molar-refractivity contribution is -0.123. The molecule has 188 valence electrons. The molecule has 7 heteroatoms. The summed E-state index contributed by atoms with van der Waals surface area (Å²) in [5, 5.41) is 6.27. The minimum absolute atomic E-state index is 0.0529. The number of hydrogen-bond donors (Lipinski definition) is 2. The molecule has 7 nitrogen and oxygen atoms in total. The highest BCUT2D eigenvalue weighted by molar-refractivity contribution is 5.90. The molecule has 6 rings (SSSR count). The van der Waals surface area contributed by atoms with Crippen molar-refractivity contribution in [3.63, 3.8) is 0 Å². The number of nitrogens with zero attached hydrogens (tertiary/aromatic N) is 3. The van der Waals surface area contributed by atoms with Crippen LogP contribution in [0.5, 0.6) is 0 Å². The fraction of sp³-hybridized carbons (Fsp3) is 0.552. The number of carbonyl (C=O) groups excluding carboxylic acids is 2. The molecule has 1 aliphatic heterocycles. The monoisotopic (exact) mass is 485 g/mol. The van der Waals surface area contributed by atoms with Crippen LogP contribution in [-0.4, -0.2) is 32.8 Å². The van der Waals surface area contributed by atoms with E-state index in [9.17, 15) is 9.59 Å². The number of hydrogen-bond acceptors (Lipinski definition) is 5. The van der Waals surface area contributed by atoms with E-state index in [1.807, 2.05) is 12.1 Å². The van der Waals surface area contributed by atoms with E-state index in [1.54, 1.807) is 24.7 Å². The van der Waals surface area contributed by atoms with Gasteiger partial charge in [0.1, 0.15) is 12.1 Å². The molecule has 0 radical (unpaired) electrons. The van der Waals surface area contributed by atoms with Gasteiger partial charge >= 0.3 is 0 Å². The number of amides is 2. The molecule has 0 bridgehead atoms. The molecule has 2 N–H and O–H groups in total. The van der Waals surface area contributed by atoms with Gasteiger partial charge in [-0.25, -0.2) is 15.0 Å². The Balaban J connectivity index is 1.12. The highest BCUT2D eigenvalue weighted by atomic mass is 16.2. The first-order chi connectivity index (χ1) is 17.4. The first-order valence-corrected chi connectivity index (χ1v) is 13.4. The number of rotatable bonds is 4. The molecule has 2 aromatic heterocycles. The van der Waals surface area contributed by atoms with Crippen LogP contribution in [-0.2, 0) is 9.59 Å². The normalized spacial score (nSPS) is 36.8. The van der Waals surface area contributed by atoms with Crippen molar-refractivity contribution in [1.82, 2.24) is 20.3 Å². The molecule has 0 aromatic carbocycles. The highest BCUT2D eigenvalue weighted by Crippen LogP contribution is 2.65. The Morgan fingerprint density at radius 3 is 2.64 bits per heavy atom. The van der Waals surface area contributed by atoms with Gasteiger partial charge in [0.25, 0.3) is 0 Å². The van der Waals surface area contributed by atoms with Crippen molar-refractivity contribution in [3.05, 3.63) is 49.2 Å². The number of aromatic nitrogens is 3. The molecule has 3 fully saturated rings. The Morgan fingerprint density at radius 2 is 1.86 bits per heavy atom. The summed E-state index contributed by atoms with van der Waals surface area (Å²) in [7, 11) is 0. The van der Waals surface area contributed by atoms with Gasteiger partial charge in [-0.3, -0.25) is 9.59 Å². The van der Waals surface area contributed by atoms with E-state index in [4.69, 9.17) is 0 Å². The summed E-state index contributed by atoms with van der Waals surface area (Å²) in [5.41, 5.74) is 2.08. The van der Waals surface area contributed by atoms with Crippen LogP contribution >= 0.6 is 0 Å². The average molecular weight is 486 g/mol. The van der Waals surface area contributed by atoms with E-state index in [0.29, 0.717) is 35.9 Å². The van der Waals surface area contributed by atoms with Crippen LogP contribution in [0.1, 0.15) is 58.8 Å². The van der Waals surface area contributed by atoms with Crippen LogP contribution in [0.3, 0.4) is 0 Å². The SMILES string of the molecule is C[C@]12C=CC(=O)N[C@@H]1CC[C@@H]1[C@@H]2CC[C@]2(C)[C@@H](CC(=O)Nc3ccc(-c4cncnc4)cn3)CC[C@@H]12. The lowest BCUT2D eigenvalue weighted by atomic mass is 9.48. The third-order valence-corrected chi connectivity index (χ3v) is 10.2. The lowest BCUT2D eigenvalue weighted by Gasteiger charge is -2.59. The van der Waals surface area contributed by atoms with Crippen LogP contribution in [0.4, 0.5) is 5.82 Å². The maximum Gasteiger partial charge on any atom is 0.243 e. The summed E-state index contributed by atoms with van der Waals surface area (Å²) in [6, 6.07) is 4.05. The Hall–Kier alpha value is -3.09. The van der Waals surface area contributed by atoms with Crippen molar-refractivity contribution in [2.24, 2.45) is 34.5 Å². The predicted molar refractivity (Wildman–Crippen MR) is 137 cm³/mol. The molecule has 0 saturated heterocycles. The van der Waals surface area contributed by atoms with Gasteiger partial charge in [-0.2, -0.15) is 0 Å². The number of carbonyl (C=O) groups is 2. The van der Waals surface area contributed by atoms with E-state index >= 15 is 0 Å². The highest BCUT2D eigenvalue weighted by Gasteiger charge is 2.59. The Kier molecular flexibility index (Phi) is 5.69. The second kappa shape index (κ2) is 8.79. The summed E-state index contributed by atoms with van der Waals surface area (Å²) in [4.78, 5) is 37.6. The van der Waals surface area contributed by atoms with Crippen molar-refractivity contribution in [1.29, 1.82) is 0 Å². The summed E-state index contributed by atoms with van der Waals surface area (Å²) in [5.74, 6) is 3.04. The summed E-state index contributed by atoms with van der Waals surface area (Å²) in [6.07, 6.45) is 18.2.